The number of H-pyrrole nitrogens is 1. The van der Waals surface area contributed by atoms with E-state index in [9.17, 15) is 13.2 Å². The average molecular weight is 258 g/mol. The van der Waals surface area contributed by atoms with Gasteiger partial charge in [-0.3, -0.25) is 4.98 Å². The zero-order valence-electron chi connectivity index (χ0n) is 8.61. The van der Waals surface area contributed by atoms with Gasteiger partial charge in [0.1, 0.15) is 4.64 Å². The minimum Gasteiger partial charge on any atom is -0.353 e. The summed E-state index contributed by atoms with van der Waals surface area (Å²) >= 11 is 4.76. The summed E-state index contributed by atoms with van der Waals surface area (Å²) in [6.45, 7) is 0. The van der Waals surface area contributed by atoms with Crippen molar-refractivity contribution in [3.8, 4) is 0 Å². The molecule has 0 radical (unpaired) electrons. The number of rotatable bonds is 0. The third kappa shape index (κ3) is 5.26. The third-order valence-corrected chi connectivity index (χ3v) is 1.92. The Hall–Kier alpha value is -1.69. The first-order valence-corrected chi connectivity index (χ1v) is 5.02. The summed E-state index contributed by atoms with van der Waals surface area (Å²) in [5, 5.41) is 0. The van der Waals surface area contributed by atoms with Crippen LogP contribution in [0.15, 0.2) is 48.9 Å². The van der Waals surface area contributed by atoms with Crippen LogP contribution >= 0.6 is 12.2 Å². The minimum atomic E-state index is -4.27. The van der Waals surface area contributed by atoms with Crippen LogP contribution < -0.4 is 0 Å². The van der Waals surface area contributed by atoms with E-state index in [1.54, 1.807) is 0 Å². The molecular formula is C11H9F3N2S. The van der Waals surface area contributed by atoms with E-state index in [2.05, 4.69) is 9.97 Å². The Balaban J connectivity index is 0.000000181. The van der Waals surface area contributed by atoms with Crippen LogP contribution in [0.4, 0.5) is 13.2 Å². The number of halogens is 3. The lowest BCUT2D eigenvalue weighted by Crippen LogP contribution is -2.04. The van der Waals surface area contributed by atoms with Crippen molar-refractivity contribution in [1.29, 1.82) is 0 Å². The van der Waals surface area contributed by atoms with E-state index in [4.69, 9.17) is 12.2 Å². The fraction of sp³-hybridized carbons (Fsp3) is 0.0909. The summed E-state index contributed by atoms with van der Waals surface area (Å²) in [5.74, 6) is 0. The summed E-state index contributed by atoms with van der Waals surface area (Å²) in [6, 6.07) is 7.87. The number of alkyl halides is 3. The fourth-order valence-electron chi connectivity index (χ4n) is 0.907. The molecule has 0 aliphatic heterocycles. The zero-order valence-corrected chi connectivity index (χ0v) is 9.42. The second-order valence-electron chi connectivity index (χ2n) is 2.97. The highest BCUT2D eigenvalue weighted by atomic mass is 32.1. The van der Waals surface area contributed by atoms with Gasteiger partial charge in [-0.1, -0.05) is 18.3 Å². The molecule has 0 aliphatic carbocycles. The van der Waals surface area contributed by atoms with Gasteiger partial charge in [-0.25, -0.2) is 0 Å². The average Bonchev–Trinajstić information content (AvgIpc) is 2.31. The molecule has 2 rings (SSSR count). The summed E-state index contributed by atoms with van der Waals surface area (Å²) in [5.41, 5.74) is -0.713. The second kappa shape index (κ2) is 6.15. The lowest BCUT2D eigenvalue weighted by atomic mass is 10.3. The molecule has 0 fully saturated rings. The Bertz CT molecular complexity index is 476. The molecule has 0 spiro atoms. The standard InChI is InChI=1S/C6H4F3N.C5H5NS/c7-6(8,9)5-2-1-3-10-4-5;7-5-3-1-2-4-6-5/h1-4H;1-4H,(H,6,7). The summed E-state index contributed by atoms with van der Waals surface area (Å²) in [7, 11) is 0. The molecule has 0 unspecified atom stereocenters. The molecule has 6 heteroatoms. The molecule has 2 aromatic rings. The lowest BCUT2D eigenvalue weighted by Gasteiger charge is -2.03. The molecule has 0 atom stereocenters. The number of hydrogen-bond donors (Lipinski definition) is 1. The van der Waals surface area contributed by atoms with Gasteiger partial charge >= 0.3 is 6.18 Å². The van der Waals surface area contributed by atoms with Crippen LogP contribution in [0.3, 0.4) is 0 Å². The molecule has 90 valence electrons. The Morgan fingerprint density at radius 2 is 1.88 bits per heavy atom. The zero-order chi connectivity index (χ0) is 12.7. The van der Waals surface area contributed by atoms with Gasteiger partial charge in [-0.15, -0.1) is 0 Å². The summed E-state index contributed by atoms with van der Waals surface area (Å²) < 4.78 is 36.0. The molecular weight excluding hydrogens is 249 g/mol. The number of pyridine rings is 2. The van der Waals surface area contributed by atoms with Crippen LogP contribution in [-0.2, 0) is 6.18 Å². The van der Waals surface area contributed by atoms with Crippen molar-refractivity contribution in [2.45, 2.75) is 6.18 Å². The first-order valence-electron chi connectivity index (χ1n) is 4.61. The Labute approximate surface area is 101 Å². The second-order valence-corrected chi connectivity index (χ2v) is 3.41. The van der Waals surface area contributed by atoms with E-state index >= 15 is 0 Å². The molecule has 2 heterocycles. The van der Waals surface area contributed by atoms with Crippen molar-refractivity contribution >= 4 is 12.2 Å². The maximum atomic E-state index is 11.7. The molecule has 0 saturated carbocycles. The maximum Gasteiger partial charge on any atom is 0.417 e. The predicted molar refractivity (Wildman–Crippen MR) is 60.9 cm³/mol. The van der Waals surface area contributed by atoms with Gasteiger partial charge < -0.3 is 4.98 Å². The van der Waals surface area contributed by atoms with Crippen LogP contribution in [0.25, 0.3) is 0 Å². The topological polar surface area (TPSA) is 28.7 Å². The van der Waals surface area contributed by atoms with E-state index in [0.717, 1.165) is 16.9 Å². The van der Waals surface area contributed by atoms with Gasteiger partial charge in [0, 0.05) is 18.6 Å². The van der Waals surface area contributed by atoms with Crippen molar-refractivity contribution < 1.29 is 13.2 Å². The monoisotopic (exact) mass is 258 g/mol. The van der Waals surface area contributed by atoms with Gasteiger partial charge in [-0.2, -0.15) is 13.2 Å². The van der Waals surface area contributed by atoms with Crippen molar-refractivity contribution in [2.75, 3.05) is 0 Å². The van der Waals surface area contributed by atoms with E-state index in [0.29, 0.717) is 0 Å². The highest BCUT2D eigenvalue weighted by Crippen LogP contribution is 2.27. The van der Waals surface area contributed by atoms with Gasteiger partial charge in [-0.05, 0) is 24.3 Å². The van der Waals surface area contributed by atoms with E-state index in [1.165, 1.54) is 12.3 Å². The minimum absolute atomic E-state index is 0.713. The molecule has 0 saturated heterocycles. The molecule has 2 nitrogen and oxygen atoms in total. The van der Waals surface area contributed by atoms with Crippen LogP contribution in [0.2, 0.25) is 0 Å². The smallest absolute Gasteiger partial charge is 0.353 e. The Morgan fingerprint density at radius 1 is 1.12 bits per heavy atom. The number of nitrogens with one attached hydrogen (secondary N) is 1. The Kier molecular flexibility index (Phi) is 4.84. The fourth-order valence-corrected chi connectivity index (χ4v) is 1.05. The highest BCUT2D eigenvalue weighted by Gasteiger charge is 2.30. The van der Waals surface area contributed by atoms with Crippen molar-refractivity contribution in [1.82, 2.24) is 9.97 Å². The number of hydrogen-bond acceptors (Lipinski definition) is 2. The molecule has 0 bridgehead atoms. The van der Waals surface area contributed by atoms with Crippen LogP contribution in [0, 0.1) is 4.64 Å². The largest absolute Gasteiger partial charge is 0.417 e. The molecule has 0 amide bonds. The first-order chi connectivity index (χ1) is 8.00. The summed E-state index contributed by atoms with van der Waals surface area (Å²) in [4.78, 5) is 6.18. The van der Waals surface area contributed by atoms with Crippen LogP contribution in [-0.4, -0.2) is 9.97 Å². The van der Waals surface area contributed by atoms with E-state index in [1.807, 2.05) is 24.4 Å². The first kappa shape index (κ1) is 13.4. The maximum absolute atomic E-state index is 11.7. The van der Waals surface area contributed by atoms with Crippen molar-refractivity contribution in [2.24, 2.45) is 0 Å². The quantitative estimate of drug-likeness (QED) is 0.727. The SMILES string of the molecule is FC(F)(F)c1cccnc1.S=c1cccc[nH]1. The molecule has 0 aromatic carbocycles. The molecule has 2 aromatic heterocycles. The molecule has 1 N–H and O–H groups in total. The van der Waals surface area contributed by atoms with Gasteiger partial charge in [0.2, 0.25) is 0 Å². The highest BCUT2D eigenvalue weighted by molar-refractivity contribution is 7.71. The van der Waals surface area contributed by atoms with Crippen LogP contribution in [0.5, 0.6) is 0 Å². The van der Waals surface area contributed by atoms with Crippen LogP contribution in [0.1, 0.15) is 5.56 Å². The third-order valence-electron chi connectivity index (χ3n) is 1.67. The number of aromatic nitrogens is 2. The van der Waals surface area contributed by atoms with Crippen molar-refractivity contribution in [3.63, 3.8) is 0 Å². The van der Waals surface area contributed by atoms with Crippen molar-refractivity contribution in [3.05, 3.63) is 59.1 Å². The molecule has 0 aliphatic rings. The lowest BCUT2D eigenvalue weighted by molar-refractivity contribution is -0.137. The van der Waals surface area contributed by atoms with Gasteiger partial charge in [0.05, 0.1) is 5.56 Å². The molecule has 17 heavy (non-hydrogen) atoms. The van der Waals surface area contributed by atoms with Gasteiger partial charge in [0.15, 0.2) is 0 Å². The number of nitrogens with zero attached hydrogens (tertiary/aromatic N) is 1. The van der Waals surface area contributed by atoms with E-state index in [-0.39, 0.29) is 0 Å². The normalized spacial score (nSPS) is 10.3. The summed E-state index contributed by atoms with van der Waals surface area (Å²) in [6.07, 6.45) is -0.369. The Morgan fingerprint density at radius 3 is 2.18 bits per heavy atom. The van der Waals surface area contributed by atoms with Gasteiger partial charge in [0.25, 0.3) is 0 Å². The predicted octanol–water partition coefficient (Wildman–Crippen LogP) is 3.84. The number of aromatic amines is 1. The van der Waals surface area contributed by atoms with E-state index < -0.39 is 11.7 Å².